The number of ether oxygens (including phenoxy) is 1. The summed E-state index contributed by atoms with van der Waals surface area (Å²) in [4.78, 5) is 29.1. The lowest BCUT2D eigenvalue weighted by Crippen LogP contribution is -2.39. The van der Waals surface area contributed by atoms with Crippen LogP contribution in [-0.2, 0) is 14.3 Å². The van der Waals surface area contributed by atoms with E-state index in [1.807, 2.05) is 31.2 Å². The van der Waals surface area contributed by atoms with Crippen molar-refractivity contribution in [2.45, 2.75) is 13.3 Å². The van der Waals surface area contributed by atoms with Crippen molar-refractivity contribution in [2.24, 2.45) is 0 Å². The molecular weight excluding hydrogens is 451 g/mol. The zero-order valence-electron chi connectivity index (χ0n) is 18.1. The van der Waals surface area contributed by atoms with Gasteiger partial charge in [0.2, 0.25) is 11.8 Å². The third-order valence-electron chi connectivity index (χ3n) is 5.00. The van der Waals surface area contributed by atoms with Crippen molar-refractivity contribution in [2.75, 3.05) is 61.5 Å². The molecule has 0 unspecified atom stereocenters. The highest BCUT2D eigenvalue weighted by atomic mass is 35.5. The second-order valence-corrected chi connectivity index (χ2v) is 8.42. The normalized spacial score (nSPS) is 13.8. The number of nitrogens with one attached hydrogen (secondary N) is 2. The Hall–Kier alpha value is -2.32. The molecule has 2 amide bonds. The summed E-state index contributed by atoms with van der Waals surface area (Å²) < 4.78 is 5.38. The Labute approximate surface area is 198 Å². The number of hydrogen-bond donors (Lipinski definition) is 2. The average molecular weight is 479 g/mol. The molecule has 0 aliphatic carbocycles. The summed E-state index contributed by atoms with van der Waals surface area (Å²) >= 11 is 12.1. The highest BCUT2D eigenvalue weighted by Crippen LogP contribution is 2.25. The largest absolute Gasteiger partial charge is 0.378 e. The van der Waals surface area contributed by atoms with Crippen molar-refractivity contribution in [3.8, 4) is 0 Å². The van der Waals surface area contributed by atoms with E-state index in [1.165, 1.54) is 0 Å². The first kappa shape index (κ1) is 24.3. The van der Waals surface area contributed by atoms with Gasteiger partial charge in [-0.05, 0) is 55.4 Å². The van der Waals surface area contributed by atoms with E-state index in [1.54, 1.807) is 23.1 Å². The van der Waals surface area contributed by atoms with Gasteiger partial charge in [-0.2, -0.15) is 0 Å². The number of morpholine rings is 1. The Morgan fingerprint density at radius 1 is 1.00 bits per heavy atom. The van der Waals surface area contributed by atoms with Gasteiger partial charge in [-0.15, -0.1) is 0 Å². The molecule has 0 saturated carbocycles. The Kier molecular flexibility index (Phi) is 9.17. The molecular formula is C23H28Cl2N4O3. The number of nitrogens with zero attached hydrogens (tertiary/aromatic N) is 2. The number of amides is 2. The minimum atomic E-state index is -0.259. The van der Waals surface area contributed by atoms with Crippen LogP contribution in [0.5, 0.6) is 0 Å². The van der Waals surface area contributed by atoms with Crippen LogP contribution in [0, 0.1) is 0 Å². The molecule has 1 aliphatic rings. The van der Waals surface area contributed by atoms with Gasteiger partial charge in [0.1, 0.15) is 0 Å². The van der Waals surface area contributed by atoms with Crippen LogP contribution in [0.3, 0.4) is 0 Å². The second-order valence-electron chi connectivity index (χ2n) is 7.58. The molecule has 0 spiro atoms. The summed E-state index contributed by atoms with van der Waals surface area (Å²) in [6, 6.07) is 12.6. The van der Waals surface area contributed by atoms with Gasteiger partial charge in [0.15, 0.2) is 0 Å². The van der Waals surface area contributed by atoms with Crippen LogP contribution in [0.1, 0.15) is 13.3 Å². The number of anilines is 3. The monoisotopic (exact) mass is 478 g/mol. The van der Waals surface area contributed by atoms with Crippen LogP contribution in [0.25, 0.3) is 0 Å². The molecule has 2 aromatic rings. The second kappa shape index (κ2) is 12.1. The van der Waals surface area contributed by atoms with Gasteiger partial charge >= 0.3 is 0 Å². The Morgan fingerprint density at radius 2 is 1.66 bits per heavy atom. The van der Waals surface area contributed by atoms with Gasteiger partial charge < -0.3 is 20.3 Å². The summed E-state index contributed by atoms with van der Waals surface area (Å²) in [6.45, 7) is 5.96. The molecule has 32 heavy (non-hydrogen) atoms. The summed E-state index contributed by atoms with van der Waals surface area (Å²) in [5, 5.41) is 6.55. The highest BCUT2D eigenvalue weighted by Gasteiger charge is 2.16. The minimum absolute atomic E-state index is 0.0695. The first-order valence-corrected chi connectivity index (χ1v) is 11.4. The molecule has 0 aromatic heterocycles. The highest BCUT2D eigenvalue weighted by molar-refractivity contribution is 6.35. The number of hydrogen-bond acceptors (Lipinski definition) is 5. The lowest BCUT2D eigenvalue weighted by atomic mass is 10.2. The SMILES string of the molecule is CCCN(CC(=O)Nc1ccc(N2CCOCC2)cc1)CC(=O)Nc1cc(Cl)ccc1Cl. The topological polar surface area (TPSA) is 73.9 Å². The maximum atomic E-state index is 12.6. The minimum Gasteiger partial charge on any atom is -0.378 e. The Balaban J connectivity index is 1.52. The zero-order chi connectivity index (χ0) is 22.9. The summed E-state index contributed by atoms with van der Waals surface area (Å²) in [5.41, 5.74) is 2.28. The lowest BCUT2D eigenvalue weighted by Gasteiger charge is -2.29. The van der Waals surface area contributed by atoms with Crippen molar-refractivity contribution in [1.82, 2.24) is 4.90 Å². The smallest absolute Gasteiger partial charge is 0.238 e. The molecule has 0 atom stereocenters. The molecule has 7 nitrogen and oxygen atoms in total. The van der Waals surface area contributed by atoms with E-state index in [-0.39, 0.29) is 24.9 Å². The third kappa shape index (κ3) is 7.38. The van der Waals surface area contributed by atoms with E-state index in [9.17, 15) is 9.59 Å². The van der Waals surface area contributed by atoms with Crippen LogP contribution in [0.4, 0.5) is 17.1 Å². The van der Waals surface area contributed by atoms with Crippen molar-refractivity contribution in [3.63, 3.8) is 0 Å². The maximum absolute atomic E-state index is 12.6. The van der Waals surface area contributed by atoms with Gasteiger partial charge in [0.05, 0.1) is 37.0 Å². The van der Waals surface area contributed by atoms with E-state index in [4.69, 9.17) is 27.9 Å². The molecule has 2 aromatic carbocycles. The van der Waals surface area contributed by atoms with Gasteiger partial charge in [-0.1, -0.05) is 30.1 Å². The predicted molar refractivity (Wildman–Crippen MR) is 130 cm³/mol. The fourth-order valence-corrected chi connectivity index (χ4v) is 3.83. The van der Waals surface area contributed by atoms with Crippen molar-refractivity contribution < 1.29 is 14.3 Å². The van der Waals surface area contributed by atoms with Crippen molar-refractivity contribution in [3.05, 3.63) is 52.5 Å². The quantitative estimate of drug-likeness (QED) is 0.566. The molecule has 1 heterocycles. The summed E-state index contributed by atoms with van der Waals surface area (Å²) in [5.74, 6) is -0.434. The fraction of sp³-hybridized carbons (Fsp3) is 0.391. The van der Waals surface area contributed by atoms with Gasteiger partial charge in [0.25, 0.3) is 0 Å². The number of benzene rings is 2. The van der Waals surface area contributed by atoms with E-state index in [2.05, 4.69) is 15.5 Å². The van der Waals surface area contributed by atoms with Gasteiger partial charge in [0, 0.05) is 29.5 Å². The zero-order valence-corrected chi connectivity index (χ0v) is 19.6. The first-order valence-electron chi connectivity index (χ1n) is 10.6. The Morgan fingerprint density at radius 3 is 2.31 bits per heavy atom. The first-order chi connectivity index (χ1) is 15.4. The molecule has 0 radical (unpaired) electrons. The standard InChI is InChI=1S/C23H28Cl2N4O3/c1-2-9-28(16-23(31)27-21-14-17(24)3-8-20(21)25)15-22(30)26-18-4-6-19(7-5-18)29-10-12-32-13-11-29/h3-8,14H,2,9-13,15-16H2,1H3,(H,26,30)(H,27,31). The molecule has 1 fully saturated rings. The molecule has 1 saturated heterocycles. The van der Waals surface area contributed by atoms with E-state index >= 15 is 0 Å². The van der Waals surface area contributed by atoms with Crippen LogP contribution >= 0.6 is 23.2 Å². The average Bonchev–Trinajstić information content (AvgIpc) is 2.77. The Bertz CT molecular complexity index is 918. The number of carbonyl (C=O) groups excluding carboxylic acids is 2. The summed E-state index contributed by atoms with van der Waals surface area (Å²) in [6.07, 6.45) is 0.812. The number of rotatable bonds is 9. The molecule has 3 rings (SSSR count). The molecule has 0 bridgehead atoms. The van der Waals surface area contributed by atoms with Crippen LogP contribution in [0.15, 0.2) is 42.5 Å². The maximum Gasteiger partial charge on any atom is 0.238 e. The van der Waals surface area contributed by atoms with E-state index < -0.39 is 0 Å². The molecule has 1 aliphatic heterocycles. The summed E-state index contributed by atoms with van der Waals surface area (Å²) in [7, 11) is 0. The molecule has 172 valence electrons. The van der Waals surface area contributed by atoms with Crippen molar-refractivity contribution in [1.29, 1.82) is 0 Å². The number of carbonyl (C=O) groups is 2. The lowest BCUT2D eigenvalue weighted by molar-refractivity contribution is -0.120. The molecule has 2 N–H and O–H groups in total. The number of halogens is 2. The van der Waals surface area contributed by atoms with Crippen LogP contribution in [-0.4, -0.2) is 62.7 Å². The van der Waals surface area contributed by atoms with Gasteiger partial charge in [-0.25, -0.2) is 0 Å². The van der Waals surface area contributed by atoms with Crippen LogP contribution < -0.4 is 15.5 Å². The van der Waals surface area contributed by atoms with Crippen molar-refractivity contribution >= 4 is 52.1 Å². The fourth-order valence-electron chi connectivity index (χ4n) is 3.50. The predicted octanol–water partition coefficient (Wildman–Crippen LogP) is 4.12. The third-order valence-corrected chi connectivity index (χ3v) is 5.57. The van der Waals surface area contributed by atoms with Gasteiger partial charge in [-0.3, -0.25) is 14.5 Å². The molecule has 9 heteroatoms. The van der Waals surface area contributed by atoms with Crippen LogP contribution in [0.2, 0.25) is 10.0 Å². The van der Waals surface area contributed by atoms with E-state index in [0.717, 1.165) is 44.1 Å². The van der Waals surface area contributed by atoms with E-state index in [0.29, 0.717) is 22.3 Å².